The van der Waals surface area contributed by atoms with Crippen LogP contribution in [0.5, 0.6) is 11.5 Å². The molecule has 3 aromatic carbocycles. The molecule has 0 saturated heterocycles. The Bertz CT molecular complexity index is 1130. The van der Waals surface area contributed by atoms with Gasteiger partial charge in [0.15, 0.2) is 11.4 Å². The first-order valence-corrected chi connectivity index (χ1v) is 9.49. The average molecular weight is 397 g/mol. The van der Waals surface area contributed by atoms with Gasteiger partial charge in [-0.2, -0.15) is 5.26 Å². The molecule has 0 aliphatic heterocycles. The second-order valence-corrected chi connectivity index (χ2v) is 7.08. The lowest BCUT2D eigenvalue weighted by atomic mass is 10.0. The summed E-state index contributed by atoms with van der Waals surface area (Å²) in [5.41, 5.74) is 18.3. The molecule has 0 bridgehead atoms. The number of nitrogens with one attached hydrogen (secondary N) is 1. The van der Waals surface area contributed by atoms with E-state index in [0.717, 1.165) is 28.1 Å². The number of nitrogen functional groups attached to an aromatic ring is 2. The minimum atomic E-state index is 0.439. The van der Waals surface area contributed by atoms with E-state index in [2.05, 4.69) is 16.2 Å². The molecular weight excluding hydrogens is 374 g/mol. The Hall–Kier alpha value is -4.16. The number of nitrogens with two attached hydrogens (primary N) is 2. The van der Waals surface area contributed by atoms with Crippen LogP contribution >= 0.6 is 0 Å². The molecular formula is C24H23N5O. The normalized spacial score (nSPS) is 10.1. The van der Waals surface area contributed by atoms with Crippen molar-refractivity contribution in [3.05, 3.63) is 76.6 Å². The van der Waals surface area contributed by atoms with Crippen molar-refractivity contribution < 1.29 is 4.74 Å². The maximum Gasteiger partial charge on any atom is 0.187 e. The minimum absolute atomic E-state index is 0.439. The SMILES string of the molecule is [C-]#[N+]c1ccc(Nc2cc(Oc3c(C)cc(CCC#N)cc3C)c(N)cc2N)cc1. The lowest BCUT2D eigenvalue weighted by molar-refractivity contribution is 0.477. The molecule has 5 N–H and O–H groups in total. The summed E-state index contributed by atoms with van der Waals surface area (Å²) in [6, 6.07) is 16.8. The monoisotopic (exact) mass is 397 g/mol. The summed E-state index contributed by atoms with van der Waals surface area (Å²) in [5, 5.41) is 12.1. The Kier molecular flexibility index (Phi) is 6.10. The van der Waals surface area contributed by atoms with Crippen LogP contribution in [0.15, 0.2) is 48.5 Å². The molecule has 0 unspecified atom stereocenters. The maximum absolute atomic E-state index is 8.81. The number of ether oxygens (including phenoxy) is 1. The molecule has 6 heteroatoms. The number of aryl methyl sites for hydroxylation is 3. The zero-order valence-electron chi connectivity index (χ0n) is 17.0. The highest BCUT2D eigenvalue weighted by atomic mass is 16.5. The second kappa shape index (κ2) is 8.89. The van der Waals surface area contributed by atoms with Gasteiger partial charge < -0.3 is 21.5 Å². The van der Waals surface area contributed by atoms with E-state index in [1.807, 2.05) is 38.1 Å². The van der Waals surface area contributed by atoms with Crippen molar-refractivity contribution in [2.24, 2.45) is 0 Å². The van der Waals surface area contributed by atoms with Gasteiger partial charge in [-0.1, -0.05) is 24.3 Å². The summed E-state index contributed by atoms with van der Waals surface area (Å²) < 4.78 is 6.17. The van der Waals surface area contributed by atoms with Gasteiger partial charge in [-0.3, -0.25) is 0 Å². The lowest BCUT2D eigenvalue weighted by Crippen LogP contribution is -2.01. The molecule has 3 rings (SSSR count). The predicted molar refractivity (Wildman–Crippen MR) is 121 cm³/mol. The smallest absolute Gasteiger partial charge is 0.187 e. The number of nitrogens with zero attached hydrogens (tertiary/aromatic N) is 2. The molecule has 0 aromatic heterocycles. The summed E-state index contributed by atoms with van der Waals surface area (Å²) in [4.78, 5) is 3.39. The molecule has 0 saturated carbocycles. The van der Waals surface area contributed by atoms with Crippen LogP contribution in [0.4, 0.5) is 28.4 Å². The van der Waals surface area contributed by atoms with Crippen LogP contribution < -0.4 is 21.5 Å². The topological polar surface area (TPSA) is 101 Å². The van der Waals surface area contributed by atoms with Crippen LogP contribution in [0, 0.1) is 31.8 Å². The molecule has 3 aromatic rings. The number of rotatable bonds is 6. The van der Waals surface area contributed by atoms with E-state index in [1.54, 1.807) is 24.3 Å². The Morgan fingerprint density at radius 2 is 1.70 bits per heavy atom. The van der Waals surface area contributed by atoms with Crippen LogP contribution in [0.1, 0.15) is 23.1 Å². The van der Waals surface area contributed by atoms with Gasteiger partial charge >= 0.3 is 0 Å². The van der Waals surface area contributed by atoms with E-state index in [1.165, 1.54) is 0 Å². The first-order valence-electron chi connectivity index (χ1n) is 9.49. The molecule has 0 heterocycles. The van der Waals surface area contributed by atoms with E-state index in [0.29, 0.717) is 41.3 Å². The highest BCUT2D eigenvalue weighted by molar-refractivity contribution is 5.79. The fraction of sp³-hybridized carbons (Fsp3) is 0.167. The Morgan fingerprint density at radius 1 is 1.03 bits per heavy atom. The lowest BCUT2D eigenvalue weighted by Gasteiger charge is -2.17. The summed E-state index contributed by atoms with van der Waals surface area (Å²) in [6.07, 6.45) is 1.19. The number of hydrogen-bond acceptors (Lipinski definition) is 5. The van der Waals surface area contributed by atoms with E-state index in [4.69, 9.17) is 28.0 Å². The zero-order chi connectivity index (χ0) is 21.7. The molecule has 0 amide bonds. The number of hydrogen-bond donors (Lipinski definition) is 3. The quantitative estimate of drug-likeness (QED) is 0.349. The molecule has 0 spiro atoms. The second-order valence-electron chi connectivity index (χ2n) is 7.08. The van der Waals surface area contributed by atoms with E-state index in [9.17, 15) is 0 Å². The molecule has 6 nitrogen and oxygen atoms in total. The Labute approximate surface area is 176 Å². The van der Waals surface area contributed by atoms with Crippen molar-refractivity contribution in [1.82, 2.24) is 0 Å². The van der Waals surface area contributed by atoms with Crippen LogP contribution in [0.3, 0.4) is 0 Å². The Balaban J connectivity index is 1.89. The first kappa shape index (κ1) is 20.6. The van der Waals surface area contributed by atoms with Gasteiger partial charge in [-0.25, -0.2) is 4.85 Å². The summed E-state index contributed by atoms with van der Waals surface area (Å²) in [7, 11) is 0. The van der Waals surface area contributed by atoms with Crippen molar-refractivity contribution in [1.29, 1.82) is 5.26 Å². The third kappa shape index (κ3) is 4.63. The van der Waals surface area contributed by atoms with Gasteiger partial charge in [0.2, 0.25) is 0 Å². The zero-order valence-corrected chi connectivity index (χ0v) is 17.0. The molecule has 0 aliphatic rings. The largest absolute Gasteiger partial charge is 0.455 e. The van der Waals surface area contributed by atoms with Gasteiger partial charge in [0.1, 0.15) is 5.75 Å². The molecule has 0 radical (unpaired) electrons. The third-order valence-electron chi connectivity index (χ3n) is 4.71. The number of benzene rings is 3. The minimum Gasteiger partial charge on any atom is -0.455 e. The van der Waals surface area contributed by atoms with Crippen LogP contribution in [0.2, 0.25) is 0 Å². The van der Waals surface area contributed by atoms with Gasteiger partial charge in [0.25, 0.3) is 0 Å². The Morgan fingerprint density at radius 3 is 2.30 bits per heavy atom. The van der Waals surface area contributed by atoms with Crippen molar-refractivity contribution in [3.63, 3.8) is 0 Å². The van der Waals surface area contributed by atoms with Gasteiger partial charge in [-0.05, 0) is 55.2 Å². The highest BCUT2D eigenvalue weighted by Crippen LogP contribution is 2.38. The predicted octanol–water partition coefficient (Wildman–Crippen LogP) is 6.01. The number of anilines is 4. The van der Waals surface area contributed by atoms with Crippen molar-refractivity contribution >= 4 is 28.4 Å². The van der Waals surface area contributed by atoms with Gasteiger partial charge in [0, 0.05) is 18.2 Å². The highest BCUT2D eigenvalue weighted by Gasteiger charge is 2.13. The van der Waals surface area contributed by atoms with Crippen LogP contribution in [0.25, 0.3) is 4.85 Å². The standard InChI is InChI=1S/C24H23N5O/c1-15-11-17(5-4-10-25)12-16(2)24(15)30-23-14-22(20(26)13-21(23)27)29-19-8-6-18(28-3)7-9-19/h6-9,11-14,29H,4-5,26-27H2,1-2H3. The van der Waals surface area contributed by atoms with Crippen molar-refractivity contribution in [3.8, 4) is 17.6 Å². The number of nitriles is 1. The van der Waals surface area contributed by atoms with Crippen molar-refractivity contribution in [2.75, 3.05) is 16.8 Å². The molecule has 0 fully saturated rings. The molecule has 30 heavy (non-hydrogen) atoms. The third-order valence-corrected chi connectivity index (χ3v) is 4.71. The van der Waals surface area contributed by atoms with E-state index in [-0.39, 0.29) is 0 Å². The van der Waals surface area contributed by atoms with Gasteiger partial charge in [-0.15, -0.1) is 0 Å². The van der Waals surface area contributed by atoms with Crippen molar-refractivity contribution in [2.45, 2.75) is 26.7 Å². The molecule has 150 valence electrons. The molecule has 0 aliphatic carbocycles. The van der Waals surface area contributed by atoms with E-state index >= 15 is 0 Å². The summed E-state index contributed by atoms with van der Waals surface area (Å²) >= 11 is 0. The maximum atomic E-state index is 8.81. The fourth-order valence-electron chi connectivity index (χ4n) is 3.24. The average Bonchev–Trinajstić information content (AvgIpc) is 2.72. The van der Waals surface area contributed by atoms with E-state index < -0.39 is 0 Å². The molecule has 0 atom stereocenters. The summed E-state index contributed by atoms with van der Waals surface area (Å²) in [6.45, 7) is 11.0. The van der Waals surface area contributed by atoms with Gasteiger partial charge in [0.05, 0.1) is 29.7 Å². The van der Waals surface area contributed by atoms with Crippen LogP contribution in [-0.2, 0) is 6.42 Å². The first-order chi connectivity index (χ1) is 14.4. The summed E-state index contributed by atoms with van der Waals surface area (Å²) in [5.74, 6) is 1.24. The fourth-order valence-corrected chi connectivity index (χ4v) is 3.24. The van der Waals surface area contributed by atoms with Crippen LogP contribution in [-0.4, -0.2) is 0 Å².